The Balaban J connectivity index is 1.05. The van der Waals surface area contributed by atoms with E-state index in [4.69, 9.17) is 14.0 Å². The molecule has 4 aromatic heterocycles. The first-order chi connectivity index (χ1) is 26.1. The molecule has 15 heteroatoms. The lowest BCUT2D eigenvalue weighted by Crippen LogP contribution is -2.12. The van der Waals surface area contributed by atoms with Gasteiger partial charge in [-0.1, -0.05) is 59.8 Å². The number of aromatic nitrogens is 5. The van der Waals surface area contributed by atoms with Gasteiger partial charge < -0.3 is 29.8 Å². The zero-order valence-corrected chi connectivity index (χ0v) is 28.2. The van der Waals surface area contributed by atoms with Crippen molar-refractivity contribution in [1.29, 1.82) is 0 Å². The van der Waals surface area contributed by atoms with Gasteiger partial charge in [-0.25, -0.2) is 0 Å². The van der Waals surface area contributed by atoms with E-state index in [9.17, 15) is 28.2 Å². The van der Waals surface area contributed by atoms with Crippen molar-refractivity contribution in [3.8, 4) is 11.3 Å². The lowest BCUT2D eigenvalue weighted by Gasteiger charge is -2.09. The van der Waals surface area contributed by atoms with Gasteiger partial charge in [0, 0.05) is 22.4 Å². The number of amides is 1. The van der Waals surface area contributed by atoms with Crippen molar-refractivity contribution in [2.45, 2.75) is 32.1 Å². The molecule has 4 aromatic carbocycles. The molecule has 0 aliphatic rings. The normalized spacial score (nSPS) is 12.4. The molecule has 0 bridgehead atoms. The quantitative estimate of drug-likeness (QED) is 0.0984. The van der Waals surface area contributed by atoms with E-state index in [1.807, 2.05) is 60.7 Å². The van der Waals surface area contributed by atoms with E-state index in [2.05, 4.69) is 20.9 Å². The zero-order valence-electron chi connectivity index (χ0n) is 28.2. The van der Waals surface area contributed by atoms with Gasteiger partial charge >= 0.3 is 6.18 Å². The molecular formula is C39H30F3N7O5. The molecule has 54 heavy (non-hydrogen) atoms. The standard InChI is InChI=1S/C39H30F3N7O5/c40-39(41,42)28-12-9-24(10-13-28)19-48-32-4-2-1-3-29(32)35(45-48)44-38(52)34-18-31(47-54-34)26-11-14-30-33(17-26)49(20-23-5-7-25(21-50)8-6-23)46-36(30)43-37(51)27-15-16-53-22-27/h1-18,22,38,50,52H,19-21H2,(H,44,45)(H,43,46,51). The van der Waals surface area contributed by atoms with Crippen LogP contribution in [0.1, 0.15) is 44.6 Å². The number of carbonyl (C=O) groups excluding carboxylic acids is 1. The molecule has 4 N–H and O–H groups in total. The van der Waals surface area contributed by atoms with Crippen LogP contribution in [0, 0.1) is 0 Å². The molecule has 272 valence electrons. The van der Waals surface area contributed by atoms with Crippen molar-refractivity contribution in [3.05, 3.63) is 149 Å². The second kappa shape index (κ2) is 14.0. The van der Waals surface area contributed by atoms with Crippen LogP contribution in [0.2, 0.25) is 0 Å². The summed E-state index contributed by atoms with van der Waals surface area (Å²) in [5.74, 6) is 0.411. The average Bonchev–Trinajstić information content (AvgIpc) is 4.00. The molecule has 8 rings (SSSR count). The average molecular weight is 734 g/mol. The molecule has 0 fully saturated rings. The Labute approximate surface area is 304 Å². The molecule has 0 spiro atoms. The fraction of sp³-hybridized carbons (Fsp3) is 0.128. The fourth-order valence-electron chi connectivity index (χ4n) is 6.12. The van der Waals surface area contributed by atoms with Gasteiger partial charge in [-0.05, 0) is 59.2 Å². The molecule has 0 aliphatic carbocycles. The molecule has 8 aromatic rings. The number of aliphatic hydroxyl groups is 2. The fourth-order valence-corrected chi connectivity index (χ4v) is 6.12. The predicted molar refractivity (Wildman–Crippen MR) is 192 cm³/mol. The van der Waals surface area contributed by atoms with E-state index in [-0.39, 0.29) is 24.8 Å². The Hall–Kier alpha value is -6.71. The minimum atomic E-state index is -4.43. The number of furan rings is 1. The van der Waals surface area contributed by atoms with Gasteiger partial charge in [0.2, 0.25) is 0 Å². The maximum absolute atomic E-state index is 13.1. The van der Waals surface area contributed by atoms with Crippen molar-refractivity contribution in [3.63, 3.8) is 0 Å². The van der Waals surface area contributed by atoms with E-state index < -0.39 is 18.0 Å². The summed E-state index contributed by atoms with van der Waals surface area (Å²) in [7, 11) is 0. The van der Waals surface area contributed by atoms with E-state index in [1.54, 1.807) is 27.6 Å². The molecule has 1 amide bonds. The number of hydrogen-bond donors (Lipinski definition) is 4. The molecule has 0 saturated carbocycles. The summed E-state index contributed by atoms with van der Waals surface area (Å²) in [6.07, 6.45) is -3.03. The number of anilines is 2. The van der Waals surface area contributed by atoms with E-state index >= 15 is 0 Å². The monoisotopic (exact) mass is 733 g/mol. The van der Waals surface area contributed by atoms with Gasteiger partial charge in [0.05, 0.1) is 48.1 Å². The van der Waals surface area contributed by atoms with E-state index in [0.717, 1.165) is 23.3 Å². The number of hydrogen-bond acceptors (Lipinski definition) is 9. The highest BCUT2D eigenvalue weighted by molar-refractivity contribution is 6.08. The van der Waals surface area contributed by atoms with Crippen LogP contribution >= 0.6 is 0 Å². The number of nitrogens with one attached hydrogen (secondary N) is 2. The maximum atomic E-state index is 13.1. The third-order valence-corrected chi connectivity index (χ3v) is 8.94. The minimum Gasteiger partial charge on any atom is -0.472 e. The number of fused-ring (bicyclic) bond motifs is 2. The van der Waals surface area contributed by atoms with Crippen LogP contribution in [0.4, 0.5) is 24.8 Å². The van der Waals surface area contributed by atoms with Crippen LogP contribution in [0.3, 0.4) is 0 Å². The lowest BCUT2D eigenvalue weighted by molar-refractivity contribution is -0.137. The van der Waals surface area contributed by atoms with Crippen molar-refractivity contribution < 1.29 is 37.1 Å². The highest BCUT2D eigenvalue weighted by Gasteiger charge is 2.30. The summed E-state index contributed by atoms with van der Waals surface area (Å²) in [5, 5.41) is 41.4. The summed E-state index contributed by atoms with van der Waals surface area (Å²) >= 11 is 0. The topological polar surface area (TPSA) is 156 Å². The second-order valence-corrected chi connectivity index (χ2v) is 12.6. The van der Waals surface area contributed by atoms with Crippen LogP contribution in [-0.2, 0) is 25.9 Å². The number of rotatable bonds is 11. The first kappa shape index (κ1) is 34.4. The third-order valence-electron chi connectivity index (χ3n) is 8.94. The van der Waals surface area contributed by atoms with Crippen LogP contribution in [0.5, 0.6) is 0 Å². The third kappa shape index (κ3) is 6.92. The molecule has 0 radical (unpaired) electrons. The van der Waals surface area contributed by atoms with Crippen LogP contribution in [-0.4, -0.2) is 40.8 Å². The summed E-state index contributed by atoms with van der Waals surface area (Å²) < 4.78 is 53.3. The van der Waals surface area contributed by atoms with Gasteiger partial charge in [-0.2, -0.15) is 23.4 Å². The van der Waals surface area contributed by atoms with Gasteiger partial charge in [0.15, 0.2) is 23.6 Å². The van der Waals surface area contributed by atoms with Crippen LogP contribution < -0.4 is 10.6 Å². The van der Waals surface area contributed by atoms with Gasteiger partial charge in [-0.3, -0.25) is 14.2 Å². The zero-order chi connectivity index (χ0) is 37.4. The molecule has 1 unspecified atom stereocenters. The van der Waals surface area contributed by atoms with Gasteiger partial charge in [0.25, 0.3) is 5.91 Å². The van der Waals surface area contributed by atoms with Crippen molar-refractivity contribution in [1.82, 2.24) is 24.7 Å². The number of para-hydroxylation sites is 1. The first-order valence-electron chi connectivity index (χ1n) is 16.7. The van der Waals surface area contributed by atoms with Gasteiger partial charge in [0.1, 0.15) is 12.0 Å². The Morgan fingerprint density at radius 2 is 1.46 bits per heavy atom. The maximum Gasteiger partial charge on any atom is 0.416 e. The molecule has 4 heterocycles. The van der Waals surface area contributed by atoms with Crippen molar-refractivity contribution in [2.24, 2.45) is 0 Å². The number of halogens is 3. The van der Waals surface area contributed by atoms with Gasteiger partial charge in [-0.15, -0.1) is 0 Å². The molecule has 12 nitrogen and oxygen atoms in total. The number of nitrogens with zero attached hydrogens (tertiary/aromatic N) is 5. The molecular weight excluding hydrogens is 703 g/mol. The Bertz CT molecular complexity index is 2570. The van der Waals surface area contributed by atoms with Crippen molar-refractivity contribution >= 4 is 39.3 Å². The Kier molecular flexibility index (Phi) is 8.93. The SMILES string of the molecule is O=C(Nc1nn(Cc2ccc(CO)cc2)c2cc(-c3cc(C(O)Nc4nn(Cc5ccc(C(F)(F)F)cc5)c5ccccc45)on3)ccc12)c1ccoc1. The summed E-state index contributed by atoms with van der Waals surface area (Å²) in [5.41, 5.74) is 4.40. The Morgan fingerprint density at radius 3 is 2.17 bits per heavy atom. The van der Waals surface area contributed by atoms with Crippen LogP contribution in [0.15, 0.2) is 125 Å². The van der Waals surface area contributed by atoms with E-state index in [0.29, 0.717) is 62.4 Å². The minimum absolute atomic E-state index is 0.0752. The number of aliphatic hydroxyl groups excluding tert-OH is 2. The molecule has 0 aliphatic heterocycles. The summed E-state index contributed by atoms with van der Waals surface area (Å²) in [6, 6.07) is 28.2. The number of benzene rings is 4. The predicted octanol–water partition coefficient (Wildman–Crippen LogP) is 7.60. The highest BCUT2D eigenvalue weighted by atomic mass is 19.4. The van der Waals surface area contributed by atoms with E-state index in [1.165, 1.54) is 24.7 Å². The summed E-state index contributed by atoms with van der Waals surface area (Å²) in [4.78, 5) is 12.9. The van der Waals surface area contributed by atoms with Crippen molar-refractivity contribution in [2.75, 3.05) is 10.6 Å². The smallest absolute Gasteiger partial charge is 0.416 e. The lowest BCUT2D eigenvalue weighted by atomic mass is 10.1. The summed E-state index contributed by atoms with van der Waals surface area (Å²) in [6.45, 7) is 0.484. The largest absolute Gasteiger partial charge is 0.472 e. The Morgan fingerprint density at radius 1 is 0.796 bits per heavy atom. The number of alkyl halides is 3. The second-order valence-electron chi connectivity index (χ2n) is 12.6. The molecule has 1 atom stereocenters. The first-order valence-corrected chi connectivity index (χ1v) is 16.7. The van der Waals surface area contributed by atoms with Crippen LogP contribution in [0.25, 0.3) is 33.1 Å². The highest BCUT2D eigenvalue weighted by Crippen LogP contribution is 2.33. The number of carbonyl (C=O) groups is 1. The molecule has 0 saturated heterocycles.